The molecule has 1 aromatic rings. The molecule has 0 radical (unpaired) electrons. The molecular formula is C12H19NO6S2. The molecule has 120 valence electrons. The summed E-state index contributed by atoms with van der Waals surface area (Å²) in [6, 6.07) is -0.582. The number of aliphatic hydroxyl groups is 1. The normalized spacial score (nSPS) is 22.0. The average molecular weight is 337 g/mol. The van der Waals surface area contributed by atoms with Crippen molar-refractivity contribution in [3.05, 3.63) is 17.1 Å². The Bertz CT molecular complexity index is 747. The molecule has 1 aromatic heterocycles. The first kappa shape index (κ1) is 16.5. The van der Waals surface area contributed by atoms with Crippen LogP contribution in [-0.2, 0) is 26.5 Å². The van der Waals surface area contributed by atoms with Gasteiger partial charge in [-0.15, -0.1) is 0 Å². The van der Waals surface area contributed by atoms with Crippen LogP contribution in [0.25, 0.3) is 0 Å². The molecule has 0 amide bonds. The second kappa shape index (κ2) is 5.38. The fourth-order valence-corrected chi connectivity index (χ4v) is 6.29. The van der Waals surface area contributed by atoms with E-state index >= 15 is 0 Å². The summed E-state index contributed by atoms with van der Waals surface area (Å²) >= 11 is 0. The number of sulfonamides is 1. The largest absolute Gasteiger partial charge is 0.465 e. The fourth-order valence-electron chi connectivity index (χ4n) is 2.63. The van der Waals surface area contributed by atoms with Gasteiger partial charge in [-0.25, -0.2) is 16.8 Å². The highest BCUT2D eigenvalue weighted by Crippen LogP contribution is 2.31. The maximum atomic E-state index is 12.7. The van der Waals surface area contributed by atoms with Crippen molar-refractivity contribution in [2.45, 2.75) is 37.8 Å². The van der Waals surface area contributed by atoms with Crippen LogP contribution in [-0.4, -0.2) is 50.8 Å². The van der Waals surface area contributed by atoms with Crippen LogP contribution in [0, 0.1) is 13.8 Å². The number of nitrogens with zero attached hydrogens (tertiary/aromatic N) is 1. The zero-order valence-corrected chi connectivity index (χ0v) is 13.8. The van der Waals surface area contributed by atoms with Gasteiger partial charge < -0.3 is 9.52 Å². The van der Waals surface area contributed by atoms with Crippen LogP contribution in [0.4, 0.5) is 0 Å². The van der Waals surface area contributed by atoms with Crippen LogP contribution < -0.4 is 0 Å². The summed E-state index contributed by atoms with van der Waals surface area (Å²) in [7, 11) is -5.73. The number of sulfone groups is 1. The summed E-state index contributed by atoms with van der Waals surface area (Å²) in [5.74, 6) is 0.367. The first-order chi connectivity index (χ1) is 9.60. The lowest BCUT2D eigenvalue weighted by Gasteiger charge is -2.23. The van der Waals surface area contributed by atoms with Crippen molar-refractivity contribution in [3.8, 4) is 0 Å². The maximum Gasteiger partial charge on any atom is 0.246 e. The van der Waals surface area contributed by atoms with Gasteiger partial charge in [-0.3, -0.25) is 0 Å². The SMILES string of the molecule is Cc1oc(C)c(S(=O)(=O)N(C)C2CCS(=O)(=O)C2)c1CO. The number of aryl methyl sites for hydroxylation is 2. The summed E-state index contributed by atoms with van der Waals surface area (Å²) in [5, 5.41) is 9.37. The number of furan rings is 1. The molecule has 1 aliphatic rings. The van der Waals surface area contributed by atoms with E-state index in [9.17, 15) is 21.9 Å². The molecule has 7 nitrogen and oxygen atoms in total. The Kier molecular flexibility index (Phi) is 4.22. The van der Waals surface area contributed by atoms with Crippen LogP contribution in [0.2, 0.25) is 0 Å². The van der Waals surface area contributed by atoms with Crippen molar-refractivity contribution in [2.75, 3.05) is 18.6 Å². The highest BCUT2D eigenvalue weighted by molar-refractivity contribution is 7.92. The number of hydrogen-bond acceptors (Lipinski definition) is 6. The van der Waals surface area contributed by atoms with Crippen LogP contribution in [0.15, 0.2) is 9.31 Å². The molecular weight excluding hydrogens is 318 g/mol. The summed E-state index contributed by atoms with van der Waals surface area (Å²) in [6.45, 7) is 2.64. The Morgan fingerprint density at radius 3 is 2.43 bits per heavy atom. The van der Waals surface area contributed by atoms with Gasteiger partial charge in [0.2, 0.25) is 10.0 Å². The Morgan fingerprint density at radius 1 is 1.33 bits per heavy atom. The Balaban J connectivity index is 2.43. The summed E-state index contributed by atoms with van der Waals surface area (Å²) in [4.78, 5) is -0.0608. The lowest BCUT2D eigenvalue weighted by Crippen LogP contribution is -2.38. The molecule has 1 fully saturated rings. The van der Waals surface area contributed by atoms with E-state index in [0.29, 0.717) is 5.76 Å². The van der Waals surface area contributed by atoms with E-state index in [1.54, 1.807) is 6.92 Å². The molecule has 0 spiro atoms. The highest BCUT2D eigenvalue weighted by Gasteiger charge is 2.39. The Morgan fingerprint density at radius 2 is 1.95 bits per heavy atom. The second-order valence-electron chi connectivity index (χ2n) is 5.26. The number of hydrogen-bond donors (Lipinski definition) is 1. The van der Waals surface area contributed by atoms with Gasteiger partial charge >= 0.3 is 0 Å². The van der Waals surface area contributed by atoms with Gasteiger partial charge in [0.05, 0.1) is 18.1 Å². The van der Waals surface area contributed by atoms with Gasteiger partial charge in [-0.05, 0) is 20.3 Å². The smallest absolute Gasteiger partial charge is 0.246 e. The summed E-state index contributed by atoms with van der Waals surface area (Å²) < 4.78 is 54.8. The van der Waals surface area contributed by atoms with Gasteiger partial charge in [0.25, 0.3) is 0 Å². The highest BCUT2D eigenvalue weighted by atomic mass is 32.2. The summed E-state index contributed by atoms with van der Waals surface area (Å²) in [5.41, 5.74) is 0.222. The minimum absolute atomic E-state index is 0.00617. The topological polar surface area (TPSA) is 105 Å². The zero-order chi connectivity index (χ0) is 16.0. The maximum absolute atomic E-state index is 12.7. The molecule has 2 rings (SSSR count). The second-order valence-corrected chi connectivity index (χ2v) is 9.42. The molecule has 2 heterocycles. The molecule has 1 saturated heterocycles. The van der Waals surface area contributed by atoms with E-state index < -0.39 is 32.5 Å². The molecule has 1 unspecified atom stereocenters. The lowest BCUT2D eigenvalue weighted by atomic mass is 10.2. The monoisotopic (exact) mass is 337 g/mol. The third-order valence-electron chi connectivity index (χ3n) is 3.84. The minimum Gasteiger partial charge on any atom is -0.465 e. The van der Waals surface area contributed by atoms with Crippen LogP contribution >= 0.6 is 0 Å². The molecule has 1 N–H and O–H groups in total. The van der Waals surface area contributed by atoms with E-state index in [1.807, 2.05) is 0 Å². The standard InChI is InChI=1S/C12H19NO6S2/c1-8-11(6-14)12(9(2)19-8)21(17,18)13(3)10-4-5-20(15,16)7-10/h10,14H,4-7H2,1-3H3. The lowest BCUT2D eigenvalue weighted by molar-refractivity contribution is 0.276. The molecule has 0 aromatic carbocycles. The van der Waals surface area contributed by atoms with Crippen LogP contribution in [0.5, 0.6) is 0 Å². The number of aliphatic hydroxyl groups excluding tert-OH is 1. The fraction of sp³-hybridized carbons (Fsp3) is 0.667. The predicted octanol–water partition coefficient (Wildman–Crippen LogP) is 0.196. The molecule has 0 saturated carbocycles. The molecule has 0 aliphatic carbocycles. The van der Waals surface area contributed by atoms with E-state index in [-0.39, 0.29) is 34.1 Å². The van der Waals surface area contributed by atoms with E-state index in [2.05, 4.69) is 0 Å². The van der Waals surface area contributed by atoms with E-state index in [4.69, 9.17) is 4.42 Å². The van der Waals surface area contributed by atoms with Crippen molar-refractivity contribution in [1.82, 2.24) is 4.31 Å². The first-order valence-corrected chi connectivity index (χ1v) is 9.74. The number of rotatable bonds is 4. The zero-order valence-electron chi connectivity index (χ0n) is 12.2. The third kappa shape index (κ3) is 2.87. The van der Waals surface area contributed by atoms with Crippen molar-refractivity contribution in [3.63, 3.8) is 0 Å². The van der Waals surface area contributed by atoms with Crippen molar-refractivity contribution in [2.24, 2.45) is 0 Å². The molecule has 1 atom stereocenters. The first-order valence-electron chi connectivity index (χ1n) is 6.48. The average Bonchev–Trinajstić information content (AvgIpc) is 2.87. The van der Waals surface area contributed by atoms with Gasteiger partial charge in [0.15, 0.2) is 9.84 Å². The van der Waals surface area contributed by atoms with Crippen LogP contribution in [0.3, 0.4) is 0 Å². The molecule has 1 aliphatic heterocycles. The van der Waals surface area contributed by atoms with E-state index in [1.165, 1.54) is 14.0 Å². The Hall–Kier alpha value is -0.900. The minimum atomic E-state index is -3.91. The quantitative estimate of drug-likeness (QED) is 0.841. The van der Waals surface area contributed by atoms with Crippen molar-refractivity contribution >= 4 is 19.9 Å². The van der Waals surface area contributed by atoms with Crippen molar-refractivity contribution < 1.29 is 26.4 Å². The molecule has 9 heteroatoms. The van der Waals surface area contributed by atoms with Gasteiger partial charge in [-0.1, -0.05) is 0 Å². The van der Waals surface area contributed by atoms with Gasteiger partial charge in [0, 0.05) is 18.7 Å². The predicted molar refractivity (Wildman–Crippen MR) is 76.1 cm³/mol. The Labute approximate surface area is 124 Å². The van der Waals surface area contributed by atoms with Crippen LogP contribution in [0.1, 0.15) is 23.5 Å². The van der Waals surface area contributed by atoms with Gasteiger partial charge in [0.1, 0.15) is 16.4 Å². The molecule has 21 heavy (non-hydrogen) atoms. The van der Waals surface area contributed by atoms with Crippen molar-refractivity contribution in [1.29, 1.82) is 0 Å². The van der Waals surface area contributed by atoms with E-state index in [0.717, 1.165) is 4.31 Å². The summed E-state index contributed by atoms with van der Waals surface area (Å²) in [6.07, 6.45) is 0.280. The molecule has 0 bridgehead atoms. The third-order valence-corrected chi connectivity index (χ3v) is 7.70. The van der Waals surface area contributed by atoms with Gasteiger partial charge in [-0.2, -0.15) is 4.31 Å².